The van der Waals surface area contributed by atoms with Gasteiger partial charge in [0.1, 0.15) is 0 Å². The summed E-state index contributed by atoms with van der Waals surface area (Å²) in [5.41, 5.74) is 3.86. The van der Waals surface area contributed by atoms with Crippen molar-refractivity contribution >= 4 is 38.8 Å². The van der Waals surface area contributed by atoms with E-state index in [4.69, 9.17) is 9.47 Å². The van der Waals surface area contributed by atoms with Gasteiger partial charge >= 0.3 is 257 Å². The fourth-order valence-corrected chi connectivity index (χ4v) is 11.6. The third-order valence-electron chi connectivity index (χ3n) is 7.76. The van der Waals surface area contributed by atoms with Gasteiger partial charge in [-0.25, -0.2) is 0 Å². The number of hydrogen-bond acceptors (Lipinski definition) is 2. The molecule has 1 atom stereocenters. The number of methoxy groups -OCH3 is 2. The zero-order valence-corrected chi connectivity index (χ0v) is 26.6. The Hall–Kier alpha value is -3.52. The second-order valence-corrected chi connectivity index (χ2v) is 14.7. The van der Waals surface area contributed by atoms with E-state index >= 15 is 0 Å². The summed E-state index contributed by atoms with van der Waals surface area (Å²) in [4.78, 5) is 0. The van der Waals surface area contributed by atoms with Crippen LogP contribution in [0.25, 0.3) is 0 Å². The van der Waals surface area contributed by atoms with Crippen LogP contribution in [0.2, 0.25) is 0 Å². The van der Waals surface area contributed by atoms with Gasteiger partial charge in [-0.05, 0) is 0 Å². The average molecular weight is 667 g/mol. The molecule has 4 heteroatoms. The van der Waals surface area contributed by atoms with Crippen molar-refractivity contribution in [2.75, 3.05) is 14.2 Å². The fourth-order valence-electron chi connectivity index (χ4n) is 5.87. The summed E-state index contributed by atoms with van der Waals surface area (Å²) in [5.74, 6) is 2.09. The van der Waals surface area contributed by atoms with E-state index in [-0.39, 0.29) is 35.3 Å². The van der Waals surface area contributed by atoms with E-state index in [0.29, 0.717) is 5.92 Å². The molecule has 0 heterocycles. The Labute approximate surface area is 255 Å². The third-order valence-corrected chi connectivity index (χ3v) is 13.5. The minimum atomic E-state index is -0.270. The molecule has 41 heavy (non-hydrogen) atoms. The van der Waals surface area contributed by atoms with E-state index in [1.54, 1.807) is 23.2 Å². The van der Waals surface area contributed by atoms with Crippen molar-refractivity contribution in [2.24, 2.45) is 0 Å². The van der Waals surface area contributed by atoms with Crippen molar-refractivity contribution in [1.82, 2.24) is 0 Å². The van der Waals surface area contributed by atoms with E-state index in [0.717, 1.165) is 17.9 Å². The number of rotatable bonds is 9. The normalized spacial score (nSPS) is 16.0. The quantitative estimate of drug-likeness (QED) is 0.169. The average Bonchev–Trinajstić information content (AvgIpc) is 3.37. The molecule has 1 aliphatic rings. The van der Waals surface area contributed by atoms with E-state index in [9.17, 15) is 0 Å². The Balaban J connectivity index is 1.61. The van der Waals surface area contributed by atoms with Crippen molar-refractivity contribution in [3.05, 3.63) is 165 Å². The van der Waals surface area contributed by atoms with Gasteiger partial charge in [-0.1, -0.05) is 0 Å². The van der Waals surface area contributed by atoms with Crippen LogP contribution in [-0.2, 0) is 5.41 Å². The molecule has 0 saturated carbocycles. The standard InChI is InChI=1S/C37H32O2Se2/c1-38-30-18-22-32(23-19-30)40-35-26-34(27-12-6-3-7-13-27)37(28-14-8-4-9-15-28,29-16-10-5-11-17-29)36(35)41-33-24-20-31(39-2)21-25-33/h3-25,34H,26H2,1-2H3. The van der Waals surface area contributed by atoms with Gasteiger partial charge in [0.25, 0.3) is 0 Å². The molecule has 5 aromatic rings. The summed E-state index contributed by atoms with van der Waals surface area (Å²) < 4.78 is 16.9. The van der Waals surface area contributed by atoms with Crippen molar-refractivity contribution in [1.29, 1.82) is 0 Å². The summed E-state index contributed by atoms with van der Waals surface area (Å²) in [5, 5.41) is 0. The van der Waals surface area contributed by atoms with Gasteiger partial charge in [0.05, 0.1) is 0 Å². The summed E-state index contributed by atoms with van der Waals surface area (Å²) in [6.45, 7) is 0. The van der Waals surface area contributed by atoms with Crippen LogP contribution in [0.4, 0.5) is 0 Å². The molecule has 5 aromatic carbocycles. The molecule has 0 spiro atoms. The van der Waals surface area contributed by atoms with Crippen LogP contribution in [0.5, 0.6) is 11.5 Å². The Bertz CT molecular complexity index is 1560. The molecule has 0 aromatic heterocycles. The first-order valence-electron chi connectivity index (χ1n) is 13.8. The molecule has 1 unspecified atom stereocenters. The fraction of sp³-hybridized carbons (Fsp3) is 0.135. The molecule has 0 amide bonds. The number of allylic oxidation sites excluding steroid dienone is 2. The summed E-state index contributed by atoms with van der Waals surface area (Å²) in [6.07, 6.45) is 1.03. The maximum absolute atomic E-state index is 5.50. The molecule has 0 radical (unpaired) electrons. The van der Waals surface area contributed by atoms with E-state index in [1.807, 2.05) is 0 Å². The molecule has 0 bridgehead atoms. The third kappa shape index (κ3) is 5.54. The Morgan fingerprint density at radius 2 is 0.976 bits per heavy atom. The Morgan fingerprint density at radius 3 is 1.44 bits per heavy atom. The van der Waals surface area contributed by atoms with E-state index in [1.165, 1.54) is 25.6 Å². The van der Waals surface area contributed by atoms with Crippen LogP contribution in [0.3, 0.4) is 0 Å². The Morgan fingerprint density at radius 1 is 0.537 bits per heavy atom. The van der Waals surface area contributed by atoms with Gasteiger partial charge in [-0.15, -0.1) is 0 Å². The first-order valence-corrected chi connectivity index (χ1v) is 17.2. The molecule has 0 aliphatic heterocycles. The molecule has 1 aliphatic carbocycles. The molecular weight excluding hydrogens is 634 g/mol. The molecule has 204 valence electrons. The van der Waals surface area contributed by atoms with Crippen molar-refractivity contribution < 1.29 is 9.47 Å². The van der Waals surface area contributed by atoms with Crippen LogP contribution in [0.1, 0.15) is 29.0 Å². The van der Waals surface area contributed by atoms with Crippen molar-refractivity contribution in [3.63, 3.8) is 0 Å². The van der Waals surface area contributed by atoms with Crippen LogP contribution in [-0.4, -0.2) is 44.1 Å². The molecule has 6 rings (SSSR count). The van der Waals surface area contributed by atoms with Crippen LogP contribution >= 0.6 is 0 Å². The van der Waals surface area contributed by atoms with E-state index < -0.39 is 0 Å². The number of benzene rings is 5. The predicted octanol–water partition coefficient (Wildman–Crippen LogP) is 6.45. The van der Waals surface area contributed by atoms with Gasteiger partial charge in [-0.2, -0.15) is 0 Å². The molecular formula is C37H32O2Se2. The summed E-state index contributed by atoms with van der Waals surface area (Å²) in [7, 11) is 3.46. The van der Waals surface area contributed by atoms with Gasteiger partial charge in [0.2, 0.25) is 0 Å². The Kier molecular flexibility index (Phi) is 8.46. The van der Waals surface area contributed by atoms with Crippen molar-refractivity contribution in [3.8, 4) is 11.5 Å². The predicted molar refractivity (Wildman–Crippen MR) is 171 cm³/mol. The molecule has 0 N–H and O–H groups in total. The van der Waals surface area contributed by atoms with Crippen LogP contribution < -0.4 is 18.4 Å². The number of ether oxygens (including phenoxy) is 2. The van der Waals surface area contributed by atoms with Crippen LogP contribution in [0.15, 0.2) is 148 Å². The first-order chi connectivity index (χ1) is 20.2. The zero-order chi connectivity index (χ0) is 28.1. The monoisotopic (exact) mass is 668 g/mol. The van der Waals surface area contributed by atoms with Gasteiger partial charge in [0, 0.05) is 0 Å². The first kappa shape index (κ1) is 27.6. The van der Waals surface area contributed by atoms with Crippen molar-refractivity contribution in [2.45, 2.75) is 17.8 Å². The maximum atomic E-state index is 5.50. The van der Waals surface area contributed by atoms with Crippen LogP contribution in [0, 0.1) is 0 Å². The minimum absolute atomic E-state index is 0.102. The second-order valence-electron chi connectivity index (χ2n) is 10.0. The SMILES string of the molecule is COc1ccc([Se]C2=C([Se]c3ccc(OC)cc3)C(c3ccccc3)(c3ccccc3)C(c3ccccc3)C2)cc1. The number of hydrogen-bond donors (Lipinski definition) is 0. The van der Waals surface area contributed by atoms with Gasteiger partial charge < -0.3 is 0 Å². The molecule has 0 fully saturated rings. The van der Waals surface area contributed by atoms with Gasteiger partial charge in [0.15, 0.2) is 0 Å². The molecule has 0 saturated heterocycles. The summed E-state index contributed by atoms with van der Waals surface area (Å²) >= 11 is 0.277. The van der Waals surface area contributed by atoms with Gasteiger partial charge in [-0.3, -0.25) is 0 Å². The van der Waals surface area contributed by atoms with E-state index in [2.05, 4.69) is 140 Å². The zero-order valence-electron chi connectivity index (χ0n) is 23.2. The topological polar surface area (TPSA) is 18.5 Å². The second kappa shape index (κ2) is 12.6. The molecule has 2 nitrogen and oxygen atoms in total. The summed E-state index contributed by atoms with van der Waals surface area (Å²) in [6, 6.07) is 51.0.